The second kappa shape index (κ2) is 9.77. The topological polar surface area (TPSA) is 78.5 Å². The zero-order valence-electron chi connectivity index (χ0n) is 16.3. The second-order valence-corrected chi connectivity index (χ2v) is 8.26. The molecule has 28 heavy (non-hydrogen) atoms. The van der Waals surface area contributed by atoms with Gasteiger partial charge >= 0.3 is 0 Å². The summed E-state index contributed by atoms with van der Waals surface area (Å²) < 4.78 is 39.6. The second-order valence-electron chi connectivity index (χ2n) is 6.32. The Kier molecular flexibility index (Phi) is 7.68. The molecule has 0 aromatic heterocycles. The third-order valence-corrected chi connectivity index (χ3v) is 6.46. The highest BCUT2D eigenvalue weighted by molar-refractivity contribution is 7.89. The molecule has 0 fully saturated rings. The van der Waals surface area contributed by atoms with Crippen molar-refractivity contribution in [2.24, 2.45) is 0 Å². The number of amides is 1. The fourth-order valence-electron chi connectivity index (χ4n) is 2.78. The average molecular weight is 408 g/mol. The molecule has 1 amide bonds. The van der Waals surface area contributed by atoms with E-state index in [4.69, 9.17) is 0 Å². The molecular weight excluding hydrogens is 381 g/mol. The van der Waals surface area contributed by atoms with E-state index in [-0.39, 0.29) is 23.4 Å². The van der Waals surface area contributed by atoms with E-state index in [0.29, 0.717) is 18.8 Å². The van der Waals surface area contributed by atoms with E-state index in [1.165, 1.54) is 22.5 Å². The van der Waals surface area contributed by atoms with Gasteiger partial charge in [-0.3, -0.25) is 4.79 Å². The first-order chi connectivity index (χ1) is 13.3. The minimum absolute atomic E-state index is 0.0389. The van der Waals surface area contributed by atoms with Gasteiger partial charge in [-0.1, -0.05) is 32.0 Å². The Morgan fingerprint density at radius 3 is 2.32 bits per heavy atom. The number of sulfonamides is 1. The fourth-order valence-corrected chi connectivity index (χ4v) is 4.23. The molecule has 1 atom stereocenters. The smallest absolute Gasteiger partial charge is 0.243 e. The van der Waals surface area contributed by atoms with E-state index in [9.17, 15) is 17.6 Å². The molecule has 0 saturated carbocycles. The van der Waals surface area contributed by atoms with Crippen LogP contribution in [0, 0.1) is 5.82 Å². The van der Waals surface area contributed by atoms with Crippen molar-refractivity contribution in [3.63, 3.8) is 0 Å². The summed E-state index contributed by atoms with van der Waals surface area (Å²) in [6, 6.07) is 12.1. The van der Waals surface area contributed by atoms with Crippen LogP contribution in [-0.4, -0.2) is 38.3 Å². The van der Waals surface area contributed by atoms with Gasteiger partial charge < -0.3 is 10.6 Å². The zero-order valence-corrected chi connectivity index (χ0v) is 17.1. The van der Waals surface area contributed by atoms with Gasteiger partial charge in [0.2, 0.25) is 15.9 Å². The Balaban J connectivity index is 1.95. The fraction of sp³-hybridized carbons (Fsp3) is 0.350. The van der Waals surface area contributed by atoms with Gasteiger partial charge in [-0.05, 0) is 42.8 Å². The number of nitrogens with zero attached hydrogens (tertiary/aromatic N) is 1. The Morgan fingerprint density at radius 1 is 1.11 bits per heavy atom. The highest BCUT2D eigenvalue weighted by Gasteiger charge is 2.21. The van der Waals surface area contributed by atoms with Crippen LogP contribution >= 0.6 is 0 Å². The zero-order chi connectivity index (χ0) is 20.7. The maximum absolute atomic E-state index is 13.2. The van der Waals surface area contributed by atoms with Gasteiger partial charge in [0.05, 0.1) is 11.4 Å². The largest absolute Gasteiger partial charge is 0.325 e. The minimum atomic E-state index is -3.49. The van der Waals surface area contributed by atoms with Gasteiger partial charge in [-0.15, -0.1) is 0 Å². The van der Waals surface area contributed by atoms with Crippen LogP contribution in [0.2, 0.25) is 0 Å². The van der Waals surface area contributed by atoms with E-state index in [0.717, 1.165) is 5.56 Å². The lowest BCUT2D eigenvalue weighted by Crippen LogP contribution is -2.31. The third-order valence-electron chi connectivity index (χ3n) is 4.40. The molecule has 6 nitrogen and oxygen atoms in total. The van der Waals surface area contributed by atoms with Gasteiger partial charge in [0.1, 0.15) is 5.82 Å². The molecule has 152 valence electrons. The third kappa shape index (κ3) is 5.60. The predicted molar refractivity (Wildman–Crippen MR) is 108 cm³/mol. The van der Waals surface area contributed by atoms with E-state index < -0.39 is 15.8 Å². The molecule has 0 radical (unpaired) electrons. The van der Waals surface area contributed by atoms with Crippen LogP contribution < -0.4 is 10.6 Å². The molecule has 0 aliphatic rings. The van der Waals surface area contributed by atoms with Crippen molar-refractivity contribution in [1.29, 1.82) is 0 Å². The Bertz CT molecular complexity index is 897. The highest BCUT2D eigenvalue weighted by atomic mass is 32.2. The molecule has 0 bridgehead atoms. The number of benzene rings is 2. The molecule has 0 aliphatic heterocycles. The summed E-state index contributed by atoms with van der Waals surface area (Å²) in [4.78, 5) is 12.3. The van der Waals surface area contributed by atoms with Crippen molar-refractivity contribution in [3.8, 4) is 0 Å². The summed E-state index contributed by atoms with van der Waals surface area (Å²) >= 11 is 0. The van der Waals surface area contributed by atoms with Crippen LogP contribution in [0.5, 0.6) is 0 Å². The molecule has 0 aliphatic carbocycles. The van der Waals surface area contributed by atoms with Crippen LogP contribution in [-0.2, 0) is 14.8 Å². The van der Waals surface area contributed by atoms with Crippen LogP contribution in [0.25, 0.3) is 0 Å². The summed E-state index contributed by atoms with van der Waals surface area (Å²) in [6.45, 7) is 6.35. The van der Waals surface area contributed by atoms with Gasteiger partial charge in [0.25, 0.3) is 0 Å². The van der Waals surface area contributed by atoms with Crippen molar-refractivity contribution < 1.29 is 17.6 Å². The first kappa shape index (κ1) is 22.0. The number of hydrogen-bond donors (Lipinski definition) is 2. The van der Waals surface area contributed by atoms with Crippen molar-refractivity contribution in [1.82, 2.24) is 9.62 Å². The number of nitrogens with one attached hydrogen (secondary N) is 2. The summed E-state index contributed by atoms with van der Waals surface area (Å²) in [5.74, 6) is -0.711. The van der Waals surface area contributed by atoms with Gasteiger partial charge in [0, 0.05) is 24.8 Å². The number of halogens is 1. The summed E-state index contributed by atoms with van der Waals surface area (Å²) in [5, 5.41) is 5.69. The van der Waals surface area contributed by atoms with Crippen molar-refractivity contribution >= 4 is 21.6 Å². The van der Waals surface area contributed by atoms with Gasteiger partial charge in [-0.25, -0.2) is 12.8 Å². The van der Waals surface area contributed by atoms with Gasteiger partial charge in [0.15, 0.2) is 0 Å². The first-order valence-electron chi connectivity index (χ1n) is 9.16. The molecule has 0 spiro atoms. The molecule has 0 heterocycles. The average Bonchev–Trinajstić information content (AvgIpc) is 2.67. The molecule has 0 unspecified atom stereocenters. The van der Waals surface area contributed by atoms with Crippen LogP contribution in [0.4, 0.5) is 10.1 Å². The van der Waals surface area contributed by atoms with Gasteiger partial charge in [-0.2, -0.15) is 4.31 Å². The highest BCUT2D eigenvalue weighted by Crippen LogP contribution is 2.19. The molecule has 2 rings (SSSR count). The maximum Gasteiger partial charge on any atom is 0.243 e. The lowest BCUT2D eigenvalue weighted by Gasteiger charge is -2.19. The Hall–Kier alpha value is -2.29. The van der Waals surface area contributed by atoms with Crippen LogP contribution in [0.3, 0.4) is 0 Å². The summed E-state index contributed by atoms with van der Waals surface area (Å²) in [7, 11) is -3.49. The number of carbonyl (C=O) groups is 1. The van der Waals surface area contributed by atoms with Crippen molar-refractivity contribution in [2.45, 2.75) is 31.7 Å². The quantitative estimate of drug-likeness (QED) is 0.669. The molecule has 2 N–H and O–H groups in total. The monoisotopic (exact) mass is 407 g/mol. The van der Waals surface area contributed by atoms with E-state index >= 15 is 0 Å². The van der Waals surface area contributed by atoms with Crippen LogP contribution in [0.1, 0.15) is 32.4 Å². The van der Waals surface area contributed by atoms with Crippen molar-refractivity contribution in [3.05, 3.63) is 59.9 Å². The number of rotatable bonds is 9. The summed E-state index contributed by atoms with van der Waals surface area (Å²) in [5.41, 5.74) is 1.25. The minimum Gasteiger partial charge on any atom is -0.325 e. The molecule has 8 heteroatoms. The molecular formula is C20H26FN3O3S. The Labute approximate surface area is 165 Å². The predicted octanol–water partition coefficient (Wildman–Crippen LogP) is 3.15. The Morgan fingerprint density at radius 2 is 1.75 bits per heavy atom. The molecule has 2 aromatic carbocycles. The number of carbonyl (C=O) groups excluding carboxylic acids is 1. The normalized spacial score (nSPS) is 12.8. The lowest BCUT2D eigenvalue weighted by atomic mass is 10.1. The van der Waals surface area contributed by atoms with E-state index in [2.05, 4.69) is 10.6 Å². The van der Waals surface area contributed by atoms with E-state index in [1.807, 2.05) is 6.92 Å². The molecule has 2 aromatic rings. The van der Waals surface area contributed by atoms with E-state index in [1.54, 1.807) is 44.2 Å². The number of anilines is 1. The standard InChI is InChI=1S/C20H26FN3O3S/c1-4-24(5-2)28(26,27)19-11-9-16(10-12-19)15(3)22-14-20(25)23-18-8-6-7-17(21)13-18/h6-13,15,22H,4-5,14H2,1-3H3,(H,23,25)/t15-/m0/s1. The first-order valence-corrected chi connectivity index (χ1v) is 10.6. The maximum atomic E-state index is 13.2. The molecule has 0 saturated heterocycles. The van der Waals surface area contributed by atoms with Crippen LogP contribution in [0.15, 0.2) is 53.4 Å². The summed E-state index contributed by atoms with van der Waals surface area (Å²) in [6.07, 6.45) is 0. The SMILES string of the molecule is CCN(CC)S(=O)(=O)c1ccc([C@H](C)NCC(=O)Nc2cccc(F)c2)cc1. The lowest BCUT2D eigenvalue weighted by molar-refractivity contribution is -0.115. The van der Waals surface area contributed by atoms with Crippen molar-refractivity contribution in [2.75, 3.05) is 25.0 Å². The number of hydrogen-bond acceptors (Lipinski definition) is 4.